The van der Waals surface area contributed by atoms with Crippen LogP contribution in [-0.2, 0) is 4.79 Å². The van der Waals surface area contributed by atoms with Crippen molar-refractivity contribution in [3.63, 3.8) is 0 Å². The van der Waals surface area contributed by atoms with Crippen LogP contribution < -0.4 is 0 Å². The second-order valence-electron chi connectivity index (χ2n) is 6.74. The number of rotatable bonds is 4. The van der Waals surface area contributed by atoms with Gasteiger partial charge in [0.05, 0.1) is 5.92 Å². The van der Waals surface area contributed by atoms with Crippen molar-refractivity contribution in [2.45, 2.75) is 12.8 Å². The van der Waals surface area contributed by atoms with E-state index < -0.39 is 11.9 Å². The van der Waals surface area contributed by atoms with E-state index in [4.69, 9.17) is 16.1 Å². The van der Waals surface area contributed by atoms with Crippen LogP contribution in [-0.4, -0.2) is 40.1 Å². The molecule has 0 bridgehead atoms. The van der Waals surface area contributed by atoms with Crippen molar-refractivity contribution in [1.82, 2.24) is 10.1 Å². The lowest BCUT2D eigenvalue weighted by molar-refractivity contribution is -0.142. The first-order valence-corrected chi connectivity index (χ1v) is 8.65. The molecule has 2 atom stereocenters. The van der Waals surface area contributed by atoms with Gasteiger partial charge in [-0.1, -0.05) is 16.8 Å². The SMILES string of the molecule is O=C(O)[C@H]1CN(C(=O)c2cc(-c3ccc(Cl)cc3)on2)C[C@@H]1C1CC1. The lowest BCUT2D eigenvalue weighted by Crippen LogP contribution is -2.30. The van der Waals surface area contributed by atoms with E-state index in [1.807, 2.05) is 0 Å². The highest BCUT2D eigenvalue weighted by Gasteiger charge is 2.47. The third kappa shape index (κ3) is 3.14. The smallest absolute Gasteiger partial charge is 0.308 e. The van der Waals surface area contributed by atoms with Crippen molar-refractivity contribution in [3.05, 3.63) is 41.0 Å². The summed E-state index contributed by atoms with van der Waals surface area (Å²) in [7, 11) is 0. The first kappa shape index (κ1) is 16.1. The van der Waals surface area contributed by atoms with Crippen LogP contribution in [0.2, 0.25) is 5.02 Å². The van der Waals surface area contributed by atoms with Crippen molar-refractivity contribution < 1.29 is 19.2 Å². The van der Waals surface area contributed by atoms with E-state index >= 15 is 0 Å². The minimum atomic E-state index is -0.825. The number of likely N-dealkylation sites (tertiary alicyclic amines) is 1. The molecule has 2 heterocycles. The summed E-state index contributed by atoms with van der Waals surface area (Å²) in [5.74, 6) is -0.635. The third-order valence-corrected chi connectivity index (χ3v) is 5.31. The second kappa shape index (κ2) is 6.19. The number of benzene rings is 1. The van der Waals surface area contributed by atoms with Crippen LogP contribution in [0.1, 0.15) is 23.3 Å². The number of carbonyl (C=O) groups is 2. The molecule has 0 unspecified atom stereocenters. The summed E-state index contributed by atoms with van der Waals surface area (Å²) in [6.07, 6.45) is 2.11. The normalized spacial score (nSPS) is 23.0. The highest BCUT2D eigenvalue weighted by Crippen LogP contribution is 2.44. The number of amides is 1. The molecule has 1 aromatic heterocycles. The molecular formula is C18H17ClN2O4. The van der Waals surface area contributed by atoms with Gasteiger partial charge in [0.2, 0.25) is 0 Å². The molecule has 0 spiro atoms. The van der Waals surface area contributed by atoms with Gasteiger partial charge in [0.1, 0.15) is 0 Å². The lowest BCUT2D eigenvalue weighted by atomic mass is 9.92. The molecule has 130 valence electrons. The van der Waals surface area contributed by atoms with Crippen LogP contribution in [0.3, 0.4) is 0 Å². The van der Waals surface area contributed by atoms with Gasteiger partial charge in [-0.3, -0.25) is 9.59 Å². The van der Waals surface area contributed by atoms with Gasteiger partial charge in [-0.25, -0.2) is 0 Å². The molecular weight excluding hydrogens is 344 g/mol. The Morgan fingerprint density at radius 1 is 1.20 bits per heavy atom. The maximum Gasteiger partial charge on any atom is 0.308 e. The molecule has 1 aliphatic carbocycles. The van der Waals surface area contributed by atoms with Gasteiger partial charge in [-0.2, -0.15) is 0 Å². The van der Waals surface area contributed by atoms with E-state index in [0.717, 1.165) is 18.4 Å². The second-order valence-corrected chi connectivity index (χ2v) is 7.18. The quantitative estimate of drug-likeness (QED) is 0.905. The van der Waals surface area contributed by atoms with Gasteiger partial charge in [-0.15, -0.1) is 0 Å². The van der Waals surface area contributed by atoms with Crippen LogP contribution >= 0.6 is 11.6 Å². The van der Waals surface area contributed by atoms with E-state index in [1.165, 1.54) is 0 Å². The van der Waals surface area contributed by atoms with Gasteiger partial charge < -0.3 is 14.5 Å². The van der Waals surface area contributed by atoms with Gasteiger partial charge >= 0.3 is 5.97 Å². The maximum atomic E-state index is 12.7. The van der Waals surface area contributed by atoms with Crippen molar-refractivity contribution in [1.29, 1.82) is 0 Å². The Kier molecular flexibility index (Phi) is 4.00. The lowest BCUT2D eigenvalue weighted by Gasteiger charge is -2.14. The maximum absolute atomic E-state index is 12.7. The zero-order valence-electron chi connectivity index (χ0n) is 13.4. The molecule has 1 saturated carbocycles. The fourth-order valence-corrected chi connectivity index (χ4v) is 3.67. The molecule has 2 aromatic rings. The summed E-state index contributed by atoms with van der Waals surface area (Å²) in [5.41, 5.74) is 0.974. The highest BCUT2D eigenvalue weighted by molar-refractivity contribution is 6.30. The predicted octanol–water partition coefficient (Wildman–Crippen LogP) is 3.18. The Labute approximate surface area is 149 Å². The number of halogens is 1. The molecule has 2 aliphatic rings. The zero-order chi connectivity index (χ0) is 17.6. The molecule has 1 aliphatic heterocycles. The number of aromatic nitrogens is 1. The zero-order valence-corrected chi connectivity index (χ0v) is 14.1. The molecule has 4 rings (SSSR count). The topological polar surface area (TPSA) is 83.6 Å². The highest BCUT2D eigenvalue weighted by atomic mass is 35.5. The Hall–Kier alpha value is -2.34. The Bertz CT molecular complexity index is 813. The number of carboxylic acids is 1. The first-order valence-electron chi connectivity index (χ1n) is 8.27. The third-order valence-electron chi connectivity index (χ3n) is 5.06. The summed E-state index contributed by atoms with van der Waals surface area (Å²) in [6.45, 7) is 0.710. The average Bonchev–Trinajstić information content (AvgIpc) is 3.16. The molecule has 7 heteroatoms. The van der Waals surface area contributed by atoms with E-state index in [0.29, 0.717) is 23.2 Å². The Morgan fingerprint density at radius 2 is 1.92 bits per heavy atom. The Balaban J connectivity index is 1.51. The number of hydrogen-bond donors (Lipinski definition) is 1. The molecule has 2 fully saturated rings. The van der Waals surface area contributed by atoms with Crippen LogP contribution in [0.15, 0.2) is 34.9 Å². The standard InChI is InChI=1S/C18H17ClN2O4/c19-12-5-3-11(4-6-12)16-7-15(20-25-16)17(22)21-8-13(10-1-2-10)14(9-21)18(23)24/h3-7,10,13-14H,1-2,8-9H2,(H,23,24)/t13-,14+/m1/s1. The minimum Gasteiger partial charge on any atom is -0.481 e. The largest absolute Gasteiger partial charge is 0.481 e. The molecule has 0 radical (unpaired) electrons. The molecule has 6 nitrogen and oxygen atoms in total. The molecule has 1 saturated heterocycles. The number of hydrogen-bond acceptors (Lipinski definition) is 4. The fraction of sp³-hybridized carbons (Fsp3) is 0.389. The van der Waals surface area contributed by atoms with E-state index in [9.17, 15) is 14.7 Å². The molecule has 1 aromatic carbocycles. The van der Waals surface area contributed by atoms with Crippen LogP contribution in [0.5, 0.6) is 0 Å². The summed E-state index contributed by atoms with van der Waals surface area (Å²) < 4.78 is 5.28. The van der Waals surface area contributed by atoms with Gasteiger partial charge in [0, 0.05) is 29.7 Å². The van der Waals surface area contributed by atoms with Crippen molar-refractivity contribution in [2.75, 3.05) is 13.1 Å². The summed E-state index contributed by atoms with van der Waals surface area (Å²) >= 11 is 5.87. The first-order chi connectivity index (χ1) is 12.0. The van der Waals surface area contributed by atoms with E-state index in [2.05, 4.69) is 5.16 Å². The summed E-state index contributed by atoms with van der Waals surface area (Å²) in [6, 6.07) is 8.64. The van der Waals surface area contributed by atoms with Gasteiger partial charge in [0.15, 0.2) is 11.5 Å². The molecule has 1 amide bonds. The number of nitrogens with zero attached hydrogens (tertiary/aromatic N) is 2. The van der Waals surface area contributed by atoms with Crippen LogP contribution in [0.4, 0.5) is 0 Å². The van der Waals surface area contributed by atoms with E-state index in [1.54, 1.807) is 35.2 Å². The summed E-state index contributed by atoms with van der Waals surface area (Å²) in [5, 5.41) is 13.9. The van der Waals surface area contributed by atoms with Crippen LogP contribution in [0, 0.1) is 17.8 Å². The molecule has 25 heavy (non-hydrogen) atoms. The fourth-order valence-electron chi connectivity index (χ4n) is 3.55. The van der Waals surface area contributed by atoms with Crippen molar-refractivity contribution in [3.8, 4) is 11.3 Å². The van der Waals surface area contributed by atoms with Gasteiger partial charge in [-0.05, 0) is 48.9 Å². The van der Waals surface area contributed by atoms with Crippen molar-refractivity contribution in [2.24, 2.45) is 17.8 Å². The molecule has 1 N–H and O–H groups in total. The van der Waals surface area contributed by atoms with Gasteiger partial charge in [0.25, 0.3) is 5.91 Å². The minimum absolute atomic E-state index is 0.0455. The number of carbonyl (C=O) groups excluding carboxylic acids is 1. The van der Waals surface area contributed by atoms with E-state index in [-0.39, 0.29) is 24.1 Å². The summed E-state index contributed by atoms with van der Waals surface area (Å²) in [4.78, 5) is 25.8. The monoisotopic (exact) mass is 360 g/mol. The van der Waals surface area contributed by atoms with Crippen molar-refractivity contribution >= 4 is 23.5 Å². The average molecular weight is 361 g/mol. The predicted molar refractivity (Wildman–Crippen MR) is 90.2 cm³/mol. The number of aliphatic carboxylic acids is 1. The Morgan fingerprint density at radius 3 is 2.56 bits per heavy atom. The number of carboxylic acid groups (broad SMARTS) is 1. The van der Waals surface area contributed by atoms with Crippen LogP contribution in [0.25, 0.3) is 11.3 Å².